The van der Waals surface area contributed by atoms with Crippen LogP contribution in [0, 0.1) is 0 Å². The van der Waals surface area contributed by atoms with Crippen molar-refractivity contribution in [1.29, 1.82) is 0 Å². The molecule has 1 aromatic heterocycles. The summed E-state index contributed by atoms with van der Waals surface area (Å²) in [4.78, 5) is 34.7. The van der Waals surface area contributed by atoms with E-state index in [4.69, 9.17) is 16.3 Å². The fourth-order valence-corrected chi connectivity index (χ4v) is 3.94. The number of carbonyl (C=O) groups excluding carboxylic acids is 2. The molecule has 3 aromatic rings. The molecule has 34 heavy (non-hydrogen) atoms. The number of carbonyl (C=O) groups is 2. The maximum Gasteiger partial charge on any atom is 0.272 e. The van der Waals surface area contributed by atoms with Crippen LogP contribution < -0.4 is 15.4 Å². The zero-order valence-electron chi connectivity index (χ0n) is 19.1. The van der Waals surface area contributed by atoms with Crippen LogP contribution in [0.5, 0.6) is 5.75 Å². The van der Waals surface area contributed by atoms with Crippen molar-refractivity contribution in [3.8, 4) is 5.75 Å². The Morgan fingerprint density at radius 2 is 1.82 bits per heavy atom. The molecule has 1 heterocycles. The lowest BCUT2D eigenvalue weighted by atomic mass is 10.0. The van der Waals surface area contributed by atoms with E-state index in [1.807, 2.05) is 44.2 Å². The van der Waals surface area contributed by atoms with Gasteiger partial charge in [0, 0.05) is 17.9 Å². The largest absolute Gasteiger partial charge is 0.494 e. The van der Waals surface area contributed by atoms with Crippen LogP contribution in [0.1, 0.15) is 36.3 Å². The lowest BCUT2D eigenvalue weighted by molar-refractivity contribution is -0.118. The van der Waals surface area contributed by atoms with Gasteiger partial charge in [-0.3, -0.25) is 9.59 Å². The van der Waals surface area contributed by atoms with Gasteiger partial charge in [-0.1, -0.05) is 60.6 Å². The quantitative estimate of drug-likeness (QED) is 0.285. The summed E-state index contributed by atoms with van der Waals surface area (Å²) in [5.41, 5.74) is 1.55. The number of thioether (sulfide) groups is 1. The molecule has 0 radical (unpaired) electrons. The third-order valence-electron chi connectivity index (χ3n) is 4.71. The van der Waals surface area contributed by atoms with E-state index in [2.05, 4.69) is 20.6 Å². The lowest BCUT2D eigenvalue weighted by Crippen LogP contribution is -2.45. The number of hydrogen-bond acceptors (Lipinski definition) is 6. The summed E-state index contributed by atoms with van der Waals surface area (Å²) in [6, 6.07) is 15.7. The summed E-state index contributed by atoms with van der Waals surface area (Å²) >= 11 is 7.66. The van der Waals surface area contributed by atoms with Crippen LogP contribution in [0.15, 0.2) is 66.0 Å². The minimum absolute atomic E-state index is 0.0437. The second-order valence-corrected chi connectivity index (χ2v) is 8.83. The van der Waals surface area contributed by atoms with E-state index in [0.29, 0.717) is 29.6 Å². The number of rotatable bonds is 11. The van der Waals surface area contributed by atoms with Gasteiger partial charge in [-0.25, -0.2) is 9.97 Å². The van der Waals surface area contributed by atoms with Gasteiger partial charge in [-0.05, 0) is 43.2 Å². The van der Waals surface area contributed by atoms with Crippen LogP contribution in [-0.4, -0.2) is 40.2 Å². The minimum Gasteiger partial charge on any atom is -0.494 e. The number of ether oxygens (including phenoxy) is 1. The van der Waals surface area contributed by atoms with Crippen LogP contribution in [0.25, 0.3) is 0 Å². The third-order valence-corrected chi connectivity index (χ3v) is 6.05. The predicted octanol–water partition coefficient (Wildman–Crippen LogP) is 5.01. The maximum absolute atomic E-state index is 13.2. The van der Waals surface area contributed by atoms with E-state index >= 15 is 0 Å². The maximum atomic E-state index is 13.2. The van der Waals surface area contributed by atoms with Gasteiger partial charge in [0.2, 0.25) is 5.91 Å². The van der Waals surface area contributed by atoms with Crippen LogP contribution in [0.4, 0.5) is 5.69 Å². The Morgan fingerprint density at radius 1 is 1.09 bits per heavy atom. The number of halogens is 1. The predicted molar refractivity (Wildman–Crippen MR) is 136 cm³/mol. The molecule has 0 aliphatic heterocycles. The van der Waals surface area contributed by atoms with E-state index < -0.39 is 11.9 Å². The van der Waals surface area contributed by atoms with E-state index in [9.17, 15) is 9.59 Å². The second-order valence-electron chi connectivity index (χ2n) is 7.36. The highest BCUT2D eigenvalue weighted by atomic mass is 35.5. The zero-order chi connectivity index (χ0) is 24.3. The van der Waals surface area contributed by atoms with Crippen molar-refractivity contribution in [3.05, 3.63) is 77.1 Å². The van der Waals surface area contributed by atoms with Crippen molar-refractivity contribution in [2.45, 2.75) is 37.9 Å². The number of nitrogens with zero attached hydrogens (tertiary/aromatic N) is 2. The van der Waals surface area contributed by atoms with E-state index in [1.165, 1.54) is 18.0 Å². The molecule has 0 saturated carbocycles. The molecule has 3 rings (SSSR count). The number of hydrogen-bond donors (Lipinski definition) is 2. The topological polar surface area (TPSA) is 93.2 Å². The van der Waals surface area contributed by atoms with Gasteiger partial charge in [0.25, 0.3) is 5.91 Å². The Labute approximate surface area is 208 Å². The number of nitrogens with one attached hydrogen (secondary N) is 2. The van der Waals surface area contributed by atoms with Gasteiger partial charge in [-0.15, -0.1) is 0 Å². The number of amides is 2. The van der Waals surface area contributed by atoms with E-state index in [1.54, 1.807) is 24.3 Å². The SMILES string of the molecule is CCCSc1ncc(Cl)c(C(=O)N[C@@H](Cc2ccccc2)C(=O)Nc2ccc(OCC)cc2)n1. The Hall–Kier alpha value is -3.10. The van der Waals surface area contributed by atoms with Gasteiger partial charge in [-0.2, -0.15) is 0 Å². The molecule has 1 atom stereocenters. The Kier molecular flexibility index (Phi) is 9.73. The minimum atomic E-state index is -0.848. The molecule has 2 amide bonds. The summed E-state index contributed by atoms with van der Waals surface area (Å²) in [5.74, 6) is 0.648. The zero-order valence-corrected chi connectivity index (χ0v) is 20.7. The fourth-order valence-electron chi connectivity index (χ4n) is 3.09. The van der Waals surface area contributed by atoms with Gasteiger partial charge in [0.1, 0.15) is 11.8 Å². The molecule has 9 heteroatoms. The molecule has 178 valence electrons. The van der Waals surface area contributed by atoms with Gasteiger partial charge in [0.15, 0.2) is 10.9 Å². The van der Waals surface area contributed by atoms with E-state index in [0.717, 1.165) is 17.7 Å². The van der Waals surface area contributed by atoms with Crippen LogP contribution >= 0.6 is 23.4 Å². The Balaban J connectivity index is 1.78. The molecule has 7 nitrogen and oxygen atoms in total. The summed E-state index contributed by atoms with van der Waals surface area (Å²) in [7, 11) is 0. The monoisotopic (exact) mass is 498 g/mol. The van der Waals surface area contributed by atoms with Crippen molar-refractivity contribution in [2.75, 3.05) is 17.7 Å². The summed E-state index contributed by atoms with van der Waals surface area (Å²) in [6.07, 6.45) is 2.66. The van der Waals surface area contributed by atoms with Crippen LogP contribution in [0.2, 0.25) is 5.02 Å². The standard InChI is InChI=1S/C25H27ClN4O3S/c1-3-14-34-25-27-16-20(26)22(30-25)24(32)29-21(15-17-8-6-5-7-9-17)23(31)28-18-10-12-19(13-11-18)33-4-2/h5-13,16,21H,3-4,14-15H2,1-2H3,(H,28,31)(H,29,32)/t21-/m0/s1. The van der Waals surface area contributed by atoms with Gasteiger partial charge in [0.05, 0.1) is 17.8 Å². The second kappa shape index (κ2) is 13.0. The van der Waals surface area contributed by atoms with Crippen molar-refractivity contribution in [3.63, 3.8) is 0 Å². The normalized spacial score (nSPS) is 11.5. The van der Waals surface area contributed by atoms with Crippen LogP contribution in [0.3, 0.4) is 0 Å². The molecule has 0 aliphatic rings. The highest BCUT2D eigenvalue weighted by Gasteiger charge is 2.24. The third kappa shape index (κ3) is 7.46. The Morgan fingerprint density at radius 3 is 2.50 bits per heavy atom. The van der Waals surface area contributed by atoms with Crippen molar-refractivity contribution < 1.29 is 14.3 Å². The molecule has 2 aromatic carbocycles. The average molecular weight is 499 g/mol. The number of benzene rings is 2. The summed E-state index contributed by atoms with van der Waals surface area (Å²) in [6.45, 7) is 4.51. The molecular formula is C25H27ClN4O3S. The first-order valence-electron chi connectivity index (χ1n) is 11.0. The molecule has 0 spiro atoms. The van der Waals surface area contributed by atoms with Crippen LogP contribution in [-0.2, 0) is 11.2 Å². The first kappa shape index (κ1) is 25.5. The molecule has 0 aliphatic carbocycles. The van der Waals surface area contributed by atoms with Crippen molar-refractivity contribution >= 4 is 40.9 Å². The number of aromatic nitrogens is 2. The Bertz CT molecular complexity index is 1100. The molecular weight excluding hydrogens is 472 g/mol. The highest BCUT2D eigenvalue weighted by molar-refractivity contribution is 7.99. The first-order chi connectivity index (χ1) is 16.5. The highest BCUT2D eigenvalue weighted by Crippen LogP contribution is 2.20. The summed E-state index contributed by atoms with van der Waals surface area (Å²) in [5, 5.41) is 6.26. The lowest BCUT2D eigenvalue weighted by Gasteiger charge is -2.19. The molecule has 2 N–H and O–H groups in total. The van der Waals surface area contributed by atoms with Crippen molar-refractivity contribution in [1.82, 2.24) is 15.3 Å². The molecule has 0 saturated heterocycles. The molecule has 0 fully saturated rings. The number of anilines is 1. The fraction of sp³-hybridized carbons (Fsp3) is 0.280. The molecule has 0 unspecified atom stereocenters. The van der Waals surface area contributed by atoms with Gasteiger partial charge < -0.3 is 15.4 Å². The summed E-state index contributed by atoms with van der Waals surface area (Å²) < 4.78 is 5.44. The van der Waals surface area contributed by atoms with Gasteiger partial charge >= 0.3 is 0 Å². The molecule has 0 bridgehead atoms. The first-order valence-corrected chi connectivity index (χ1v) is 12.4. The smallest absolute Gasteiger partial charge is 0.272 e. The van der Waals surface area contributed by atoms with Crippen molar-refractivity contribution in [2.24, 2.45) is 0 Å². The average Bonchev–Trinajstić information content (AvgIpc) is 2.85. The van der Waals surface area contributed by atoms with E-state index in [-0.39, 0.29) is 16.6 Å².